The first-order valence-corrected chi connectivity index (χ1v) is 4.72. The fraction of sp³-hybridized carbons (Fsp3) is 0.400. The van der Waals surface area contributed by atoms with E-state index in [9.17, 15) is 0 Å². The van der Waals surface area contributed by atoms with Gasteiger partial charge in [0, 0.05) is 25.0 Å². The highest BCUT2D eigenvalue weighted by Crippen LogP contribution is 2.25. The molecule has 2 aromatic heterocycles. The van der Waals surface area contributed by atoms with Crippen LogP contribution in [0, 0.1) is 0 Å². The van der Waals surface area contributed by atoms with Crippen LogP contribution in [0.4, 0.5) is 0 Å². The molecule has 2 aromatic rings. The lowest BCUT2D eigenvalue weighted by Gasteiger charge is -2.04. The zero-order valence-corrected chi connectivity index (χ0v) is 8.65. The largest absolute Gasteiger partial charge is 0.285 e. The van der Waals surface area contributed by atoms with E-state index >= 15 is 0 Å². The first kappa shape index (κ1) is 8.99. The maximum atomic E-state index is 4.25. The lowest BCUT2D eigenvalue weighted by atomic mass is 10.0. The van der Waals surface area contributed by atoms with Crippen molar-refractivity contribution in [3.05, 3.63) is 24.0 Å². The van der Waals surface area contributed by atoms with E-state index in [1.54, 1.807) is 6.20 Å². The van der Waals surface area contributed by atoms with Crippen LogP contribution in [0.3, 0.4) is 0 Å². The van der Waals surface area contributed by atoms with Crippen molar-refractivity contribution < 1.29 is 0 Å². The molecule has 0 bridgehead atoms. The summed E-state index contributed by atoms with van der Waals surface area (Å²) in [5, 5.41) is 11.3. The van der Waals surface area contributed by atoms with Crippen LogP contribution in [0.5, 0.6) is 0 Å². The maximum Gasteiger partial charge on any atom is 0.114 e. The fourth-order valence-electron chi connectivity index (χ4n) is 1.55. The minimum absolute atomic E-state index is 0.471. The molecule has 0 aliphatic heterocycles. The first-order chi connectivity index (χ1) is 6.70. The Bertz CT molecular complexity index is 425. The van der Waals surface area contributed by atoms with Crippen molar-refractivity contribution >= 4 is 0 Å². The highest BCUT2D eigenvalue weighted by atomic mass is 15.3. The Labute approximate surface area is 83.0 Å². The quantitative estimate of drug-likeness (QED) is 0.786. The summed E-state index contributed by atoms with van der Waals surface area (Å²) < 4.78 is 1.84. The van der Waals surface area contributed by atoms with Crippen LogP contribution in [0.2, 0.25) is 0 Å². The van der Waals surface area contributed by atoms with Crippen molar-refractivity contribution in [1.82, 2.24) is 20.0 Å². The third-order valence-corrected chi connectivity index (χ3v) is 2.36. The van der Waals surface area contributed by atoms with E-state index in [2.05, 4.69) is 29.1 Å². The van der Waals surface area contributed by atoms with Crippen LogP contribution in [0.25, 0.3) is 11.4 Å². The molecule has 0 aromatic carbocycles. The summed E-state index contributed by atoms with van der Waals surface area (Å²) in [6.45, 7) is 4.31. The average Bonchev–Trinajstić information content (AvgIpc) is 2.70. The van der Waals surface area contributed by atoms with E-state index in [-0.39, 0.29) is 0 Å². The third kappa shape index (κ3) is 1.32. The molecule has 0 unspecified atom stereocenters. The van der Waals surface area contributed by atoms with Gasteiger partial charge in [-0.15, -0.1) is 0 Å². The maximum absolute atomic E-state index is 4.25. The minimum Gasteiger partial charge on any atom is -0.285 e. The predicted molar refractivity (Wildman–Crippen MR) is 54.9 cm³/mol. The molecule has 0 radical (unpaired) electrons. The Balaban J connectivity index is 2.52. The van der Waals surface area contributed by atoms with Gasteiger partial charge in [-0.3, -0.25) is 9.78 Å². The normalized spacial score (nSPS) is 11.1. The summed E-state index contributed by atoms with van der Waals surface area (Å²) in [6.07, 6.45) is 3.74. The van der Waals surface area contributed by atoms with Crippen molar-refractivity contribution in [2.75, 3.05) is 0 Å². The number of hydrogen-bond acceptors (Lipinski definition) is 2. The monoisotopic (exact) mass is 190 g/mol. The van der Waals surface area contributed by atoms with Crippen LogP contribution in [0.1, 0.15) is 25.3 Å². The number of H-pyrrole nitrogens is 1. The second-order valence-electron chi connectivity index (χ2n) is 3.68. The van der Waals surface area contributed by atoms with Crippen LogP contribution in [-0.4, -0.2) is 20.0 Å². The first-order valence-electron chi connectivity index (χ1n) is 4.72. The molecule has 2 rings (SSSR count). The molecule has 0 atom stereocenters. The second-order valence-corrected chi connectivity index (χ2v) is 3.68. The standard InChI is InChI=1S/C10H14N4/c1-7(2)8-6-11-13-10(8)9-4-5-12-14(9)3/h4-7H,1-3H3,(H,11,13). The number of aromatic nitrogens is 4. The molecule has 2 heterocycles. The summed E-state index contributed by atoms with van der Waals surface area (Å²) in [7, 11) is 1.92. The average molecular weight is 190 g/mol. The van der Waals surface area contributed by atoms with Crippen molar-refractivity contribution in [2.24, 2.45) is 7.05 Å². The number of nitrogens with one attached hydrogen (secondary N) is 1. The minimum atomic E-state index is 0.471. The summed E-state index contributed by atoms with van der Waals surface area (Å²) in [5.41, 5.74) is 3.28. The van der Waals surface area contributed by atoms with Gasteiger partial charge in [0.1, 0.15) is 5.69 Å². The van der Waals surface area contributed by atoms with Gasteiger partial charge in [0.25, 0.3) is 0 Å². The molecule has 14 heavy (non-hydrogen) atoms. The van der Waals surface area contributed by atoms with Gasteiger partial charge >= 0.3 is 0 Å². The van der Waals surface area contributed by atoms with Crippen LogP contribution in [0.15, 0.2) is 18.5 Å². The smallest absolute Gasteiger partial charge is 0.114 e. The number of hydrogen-bond donors (Lipinski definition) is 1. The molecule has 0 aliphatic rings. The summed E-state index contributed by atoms with van der Waals surface area (Å²) in [6, 6.07) is 1.97. The van der Waals surface area contributed by atoms with Crippen LogP contribution < -0.4 is 0 Å². The van der Waals surface area contributed by atoms with Gasteiger partial charge in [0.2, 0.25) is 0 Å². The molecule has 4 nitrogen and oxygen atoms in total. The van der Waals surface area contributed by atoms with Crippen LogP contribution >= 0.6 is 0 Å². The molecule has 0 spiro atoms. The number of nitrogens with zero attached hydrogens (tertiary/aromatic N) is 3. The van der Waals surface area contributed by atoms with Gasteiger partial charge in [-0.05, 0) is 12.0 Å². The Morgan fingerprint density at radius 2 is 2.21 bits per heavy atom. The van der Waals surface area contributed by atoms with Crippen molar-refractivity contribution in [1.29, 1.82) is 0 Å². The van der Waals surface area contributed by atoms with E-state index in [1.165, 1.54) is 5.56 Å². The van der Waals surface area contributed by atoms with E-state index in [0.717, 1.165) is 11.4 Å². The van der Waals surface area contributed by atoms with Gasteiger partial charge in [-0.2, -0.15) is 10.2 Å². The van der Waals surface area contributed by atoms with Crippen molar-refractivity contribution in [3.8, 4) is 11.4 Å². The molecular formula is C10H14N4. The summed E-state index contributed by atoms with van der Waals surface area (Å²) >= 11 is 0. The van der Waals surface area contributed by atoms with Gasteiger partial charge in [0.05, 0.1) is 5.69 Å². The molecular weight excluding hydrogens is 176 g/mol. The number of aryl methyl sites for hydroxylation is 1. The van der Waals surface area contributed by atoms with E-state index in [4.69, 9.17) is 0 Å². The molecule has 4 heteroatoms. The SMILES string of the molecule is CC(C)c1c[nH]nc1-c1ccnn1C. The molecule has 1 N–H and O–H groups in total. The molecule has 0 fully saturated rings. The Kier molecular flexibility index (Phi) is 2.11. The predicted octanol–water partition coefficient (Wildman–Crippen LogP) is 1.93. The topological polar surface area (TPSA) is 46.5 Å². The number of aromatic amines is 1. The van der Waals surface area contributed by atoms with Gasteiger partial charge in [0.15, 0.2) is 0 Å². The second kappa shape index (κ2) is 3.29. The lowest BCUT2D eigenvalue weighted by molar-refractivity contribution is 0.769. The molecule has 0 saturated carbocycles. The number of rotatable bonds is 2. The third-order valence-electron chi connectivity index (χ3n) is 2.36. The zero-order valence-electron chi connectivity index (χ0n) is 8.65. The highest BCUT2D eigenvalue weighted by Gasteiger charge is 2.13. The highest BCUT2D eigenvalue weighted by molar-refractivity contribution is 5.59. The molecule has 0 saturated heterocycles. The molecule has 74 valence electrons. The summed E-state index contributed by atoms with van der Waals surface area (Å²) in [5.74, 6) is 0.471. The molecule has 0 amide bonds. The van der Waals surface area contributed by atoms with Crippen molar-refractivity contribution in [3.63, 3.8) is 0 Å². The van der Waals surface area contributed by atoms with Crippen LogP contribution in [-0.2, 0) is 7.05 Å². The fourth-order valence-corrected chi connectivity index (χ4v) is 1.55. The lowest BCUT2D eigenvalue weighted by Crippen LogP contribution is -1.96. The zero-order chi connectivity index (χ0) is 10.1. The van der Waals surface area contributed by atoms with Gasteiger partial charge < -0.3 is 0 Å². The van der Waals surface area contributed by atoms with Gasteiger partial charge in [-0.1, -0.05) is 13.8 Å². The molecule has 0 aliphatic carbocycles. The Morgan fingerprint density at radius 3 is 2.79 bits per heavy atom. The van der Waals surface area contributed by atoms with E-state index in [1.807, 2.05) is 24.0 Å². The van der Waals surface area contributed by atoms with E-state index in [0.29, 0.717) is 5.92 Å². The van der Waals surface area contributed by atoms with Gasteiger partial charge in [-0.25, -0.2) is 0 Å². The van der Waals surface area contributed by atoms with E-state index < -0.39 is 0 Å². The van der Waals surface area contributed by atoms with Crippen molar-refractivity contribution in [2.45, 2.75) is 19.8 Å². The Morgan fingerprint density at radius 1 is 1.43 bits per heavy atom. The summed E-state index contributed by atoms with van der Waals surface area (Å²) in [4.78, 5) is 0. The Hall–Kier alpha value is -1.58.